The summed E-state index contributed by atoms with van der Waals surface area (Å²) in [5, 5.41) is 2.81. The summed E-state index contributed by atoms with van der Waals surface area (Å²) in [7, 11) is 0. The van der Waals surface area contributed by atoms with Crippen LogP contribution in [0.5, 0.6) is 0 Å². The summed E-state index contributed by atoms with van der Waals surface area (Å²) in [6, 6.07) is 1.90. The smallest absolute Gasteiger partial charge is 0.240 e. The molecule has 0 spiro atoms. The Balaban J connectivity index is 2.70. The van der Waals surface area contributed by atoms with E-state index in [0.29, 0.717) is 11.8 Å². The quantitative estimate of drug-likeness (QED) is 0.406. The van der Waals surface area contributed by atoms with E-state index >= 15 is 0 Å². The van der Waals surface area contributed by atoms with Crippen LogP contribution in [0.1, 0.15) is 0 Å². The molecule has 0 aliphatic rings. The molecule has 0 fully saturated rings. The third kappa shape index (κ3) is 1.28. The lowest BCUT2D eigenvalue weighted by Gasteiger charge is -2.03. The summed E-state index contributed by atoms with van der Waals surface area (Å²) in [6.45, 7) is 0. The molecule has 0 aliphatic heterocycles. The van der Waals surface area contributed by atoms with E-state index in [1.165, 1.54) is 11.3 Å². The van der Waals surface area contributed by atoms with Crippen molar-refractivity contribution in [3.8, 4) is 0 Å². The van der Waals surface area contributed by atoms with Crippen LogP contribution in [-0.2, 0) is 0 Å². The number of hydrazine groups is 2. The lowest BCUT2D eigenvalue weighted by molar-refractivity contribution is 1.14. The number of anilines is 2. The van der Waals surface area contributed by atoms with Crippen LogP contribution in [0.25, 0.3) is 10.2 Å². The van der Waals surface area contributed by atoms with Gasteiger partial charge in [-0.3, -0.25) is 5.43 Å². The fourth-order valence-electron chi connectivity index (χ4n) is 1.03. The first-order valence-corrected chi connectivity index (χ1v) is 4.41. The van der Waals surface area contributed by atoms with E-state index in [2.05, 4.69) is 20.8 Å². The number of hydrogen-bond donors (Lipinski definition) is 4. The maximum atomic E-state index is 5.29. The standard InChI is InChI=1S/C6H8N6S/c7-11-4-3-1-2-13-5(3)10-6(9-4)12-8/h1-2H,7-8H2,(H2,9,10,11,12). The van der Waals surface area contributed by atoms with Gasteiger partial charge in [-0.05, 0) is 11.4 Å². The van der Waals surface area contributed by atoms with Gasteiger partial charge in [-0.15, -0.1) is 11.3 Å². The van der Waals surface area contributed by atoms with Crippen molar-refractivity contribution in [3.05, 3.63) is 11.4 Å². The van der Waals surface area contributed by atoms with Crippen LogP contribution in [0.4, 0.5) is 11.8 Å². The van der Waals surface area contributed by atoms with Gasteiger partial charge in [0.15, 0.2) is 5.82 Å². The van der Waals surface area contributed by atoms with E-state index in [0.717, 1.165) is 10.2 Å². The largest absolute Gasteiger partial charge is 0.308 e. The molecule has 0 saturated heterocycles. The van der Waals surface area contributed by atoms with E-state index < -0.39 is 0 Å². The number of nitrogen functional groups attached to an aromatic ring is 2. The van der Waals surface area contributed by atoms with Crippen LogP contribution in [-0.4, -0.2) is 9.97 Å². The lowest BCUT2D eigenvalue weighted by Crippen LogP contribution is -2.14. The molecule has 6 N–H and O–H groups in total. The average Bonchev–Trinajstić information content (AvgIpc) is 2.63. The predicted molar refractivity (Wildman–Crippen MR) is 53.0 cm³/mol. The Morgan fingerprint density at radius 3 is 2.77 bits per heavy atom. The van der Waals surface area contributed by atoms with Crippen LogP contribution in [0, 0.1) is 0 Å². The van der Waals surface area contributed by atoms with E-state index in [-0.39, 0.29) is 0 Å². The summed E-state index contributed by atoms with van der Waals surface area (Å²) < 4.78 is 0. The zero-order valence-electron chi connectivity index (χ0n) is 6.61. The summed E-state index contributed by atoms with van der Waals surface area (Å²) in [6.07, 6.45) is 0. The summed E-state index contributed by atoms with van der Waals surface area (Å²) in [5.74, 6) is 11.4. The molecule has 13 heavy (non-hydrogen) atoms. The Hall–Kier alpha value is -1.44. The number of nitrogens with two attached hydrogens (primary N) is 2. The highest BCUT2D eigenvalue weighted by Gasteiger charge is 2.06. The number of hydrogen-bond acceptors (Lipinski definition) is 7. The highest BCUT2D eigenvalue weighted by molar-refractivity contribution is 7.16. The SMILES string of the molecule is NNc1nc(NN)c2ccsc2n1. The van der Waals surface area contributed by atoms with Crippen molar-refractivity contribution in [2.45, 2.75) is 0 Å². The number of fused-ring (bicyclic) bond motifs is 1. The van der Waals surface area contributed by atoms with Crippen LogP contribution >= 0.6 is 11.3 Å². The minimum absolute atomic E-state index is 0.350. The van der Waals surface area contributed by atoms with Crippen LogP contribution in [0.15, 0.2) is 11.4 Å². The van der Waals surface area contributed by atoms with Crippen molar-refractivity contribution >= 4 is 33.3 Å². The predicted octanol–water partition coefficient (Wildman–Crippen LogP) is 0.263. The zero-order valence-corrected chi connectivity index (χ0v) is 7.43. The normalized spacial score (nSPS) is 10.3. The zero-order chi connectivity index (χ0) is 9.26. The van der Waals surface area contributed by atoms with Gasteiger partial charge < -0.3 is 5.43 Å². The third-order valence-corrected chi connectivity index (χ3v) is 2.40. The van der Waals surface area contributed by atoms with Gasteiger partial charge in [0.25, 0.3) is 0 Å². The number of nitrogens with zero attached hydrogens (tertiary/aromatic N) is 2. The Labute approximate surface area is 77.9 Å². The first-order valence-electron chi connectivity index (χ1n) is 3.53. The van der Waals surface area contributed by atoms with Crippen molar-refractivity contribution in [2.75, 3.05) is 10.9 Å². The molecule has 68 valence electrons. The third-order valence-electron chi connectivity index (χ3n) is 1.59. The molecule has 0 unspecified atom stereocenters. The molecule has 0 radical (unpaired) electrons. The average molecular weight is 196 g/mol. The van der Waals surface area contributed by atoms with Crippen molar-refractivity contribution in [1.82, 2.24) is 9.97 Å². The fourth-order valence-corrected chi connectivity index (χ4v) is 1.79. The second kappa shape index (κ2) is 3.13. The first-order chi connectivity index (χ1) is 6.35. The molecule has 0 saturated carbocycles. The molecule has 2 rings (SSSR count). The molecular formula is C6H8N6S. The number of rotatable bonds is 2. The Kier molecular flexibility index (Phi) is 1.97. The Morgan fingerprint density at radius 1 is 1.23 bits per heavy atom. The van der Waals surface area contributed by atoms with Crippen LogP contribution < -0.4 is 22.5 Å². The van der Waals surface area contributed by atoms with Crippen LogP contribution in [0.2, 0.25) is 0 Å². The second-order valence-electron chi connectivity index (χ2n) is 2.32. The number of nitrogens with one attached hydrogen (secondary N) is 2. The maximum Gasteiger partial charge on any atom is 0.240 e. The molecule has 2 heterocycles. The minimum Gasteiger partial charge on any atom is -0.308 e. The molecular weight excluding hydrogens is 188 g/mol. The van der Waals surface area contributed by atoms with Crippen molar-refractivity contribution in [2.24, 2.45) is 11.7 Å². The first kappa shape index (κ1) is 8.17. The second-order valence-corrected chi connectivity index (χ2v) is 3.22. The van der Waals surface area contributed by atoms with Gasteiger partial charge >= 0.3 is 0 Å². The highest BCUT2D eigenvalue weighted by Crippen LogP contribution is 2.25. The molecule has 0 atom stereocenters. The van der Waals surface area contributed by atoms with E-state index in [1.54, 1.807) is 0 Å². The summed E-state index contributed by atoms with van der Waals surface area (Å²) in [5.41, 5.74) is 4.86. The van der Waals surface area contributed by atoms with Crippen molar-refractivity contribution in [1.29, 1.82) is 0 Å². The van der Waals surface area contributed by atoms with Gasteiger partial charge in [-0.25, -0.2) is 16.7 Å². The van der Waals surface area contributed by atoms with Gasteiger partial charge in [-0.2, -0.15) is 4.98 Å². The monoisotopic (exact) mass is 196 g/mol. The molecule has 2 aromatic rings. The van der Waals surface area contributed by atoms with Gasteiger partial charge in [0.1, 0.15) is 4.83 Å². The van der Waals surface area contributed by atoms with Crippen molar-refractivity contribution < 1.29 is 0 Å². The van der Waals surface area contributed by atoms with E-state index in [9.17, 15) is 0 Å². The number of aromatic nitrogens is 2. The maximum absolute atomic E-state index is 5.29. The highest BCUT2D eigenvalue weighted by atomic mass is 32.1. The van der Waals surface area contributed by atoms with Gasteiger partial charge in [0.2, 0.25) is 5.95 Å². The topological polar surface area (TPSA) is 102 Å². The Morgan fingerprint density at radius 2 is 2.08 bits per heavy atom. The lowest BCUT2D eigenvalue weighted by atomic mass is 10.4. The van der Waals surface area contributed by atoms with Gasteiger partial charge in [0, 0.05) is 0 Å². The molecule has 0 amide bonds. The van der Waals surface area contributed by atoms with Gasteiger partial charge in [-0.1, -0.05) is 0 Å². The minimum atomic E-state index is 0.350. The molecule has 7 heteroatoms. The Bertz CT molecular complexity index is 424. The summed E-state index contributed by atoms with van der Waals surface area (Å²) in [4.78, 5) is 9.01. The molecule has 0 bridgehead atoms. The summed E-state index contributed by atoms with van der Waals surface area (Å²) >= 11 is 1.50. The number of thiophene rings is 1. The van der Waals surface area contributed by atoms with E-state index in [1.807, 2.05) is 11.4 Å². The van der Waals surface area contributed by atoms with Gasteiger partial charge in [0.05, 0.1) is 5.39 Å². The molecule has 0 aromatic carbocycles. The molecule has 0 aliphatic carbocycles. The van der Waals surface area contributed by atoms with Crippen LogP contribution in [0.3, 0.4) is 0 Å². The fraction of sp³-hybridized carbons (Fsp3) is 0. The molecule has 6 nitrogen and oxygen atoms in total. The molecule has 2 aromatic heterocycles. The van der Waals surface area contributed by atoms with Crippen molar-refractivity contribution in [3.63, 3.8) is 0 Å². The van der Waals surface area contributed by atoms with E-state index in [4.69, 9.17) is 11.7 Å².